The van der Waals surface area contributed by atoms with Crippen LogP contribution in [0.4, 0.5) is 5.82 Å². The van der Waals surface area contributed by atoms with Gasteiger partial charge in [0.15, 0.2) is 5.82 Å². The molecule has 1 aromatic carbocycles. The molecule has 1 fully saturated rings. The minimum atomic E-state index is -1.23. The summed E-state index contributed by atoms with van der Waals surface area (Å²) in [6.45, 7) is 2.05. The predicted molar refractivity (Wildman–Crippen MR) is 84.5 cm³/mol. The smallest absolute Gasteiger partial charge is 0.257 e. The van der Waals surface area contributed by atoms with Gasteiger partial charge in [-0.2, -0.15) is 5.10 Å². The third kappa shape index (κ3) is 2.90. The first-order valence-corrected chi connectivity index (χ1v) is 7.72. The summed E-state index contributed by atoms with van der Waals surface area (Å²) in [7, 11) is 0. The van der Waals surface area contributed by atoms with Gasteiger partial charge in [-0.15, -0.1) is 0 Å². The van der Waals surface area contributed by atoms with Crippen molar-refractivity contribution in [3.63, 3.8) is 0 Å². The van der Waals surface area contributed by atoms with Crippen molar-refractivity contribution >= 4 is 11.7 Å². The van der Waals surface area contributed by atoms with Crippen LogP contribution in [0.1, 0.15) is 44.2 Å². The van der Waals surface area contributed by atoms with Crippen LogP contribution in [0.2, 0.25) is 0 Å². The van der Waals surface area contributed by atoms with Crippen molar-refractivity contribution in [3.8, 4) is 0 Å². The molecule has 1 unspecified atom stereocenters. The van der Waals surface area contributed by atoms with Crippen LogP contribution >= 0.6 is 0 Å². The number of rotatable bonds is 4. The fourth-order valence-electron chi connectivity index (χ4n) is 2.92. The van der Waals surface area contributed by atoms with Crippen LogP contribution in [0, 0.1) is 0 Å². The first-order chi connectivity index (χ1) is 10.6. The van der Waals surface area contributed by atoms with E-state index in [0.717, 1.165) is 18.4 Å². The maximum atomic E-state index is 12.2. The van der Waals surface area contributed by atoms with E-state index in [4.69, 9.17) is 0 Å². The summed E-state index contributed by atoms with van der Waals surface area (Å²) in [5.74, 6) is 0.135. The van der Waals surface area contributed by atoms with Gasteiger partial charge >= 0.3 is 0 Å². The van der Waals surface area contributed by atoms with E-state index in [-0.39, 0.29) is 11.9 Å². The number of nitrogens with one attached hydrogen (secondary N) is 1. The molecule has 2 N–H and O–H groups in total. The number of amides is 1. The van der Waals surface area contributed by atoms with Crippen molar-refractivity contribution < 1.29 is 9.90 Å². The normalized spacial score (nSPS) is 18.1. The van der Waals surface area contributed by atoms with Crippen LogP contribution in [-0.2, 0) is 4.79 Å². The van der Waals surface area contributed by atoms with E-state index in [1.54, 1.807) is 6.07 Å². The molecule has 1 aromatic heterocycles. The summed E-state index contributed by atoms with van der Waals surface area (Å²) in [5.41, 5.74) is -0.0765. The van der Waals surface area contributed by atoms with Crippen molar-refractivity contribution in [2.24, 2.45) is 0 Å². The highest BCUT2D eigenvalue weighted by Gasteiger charge is 2.39. The van der Waals surface area contributed by atoms with Crippen LogP contribution in [0.5, 0.6) is 0 Å². The average Bonchev–Trinajstić information content (AvgIpc) is 3.17. The molecule has 1 heterocycles. The quantitative estimate of drug-likeness (QED) is 0.912. The molecular weight excluding hydrogens is 278 g/mol. The first kappa shape index (κ1) is 14.8. The molecule has 5 heteroatoms. The van der Waals surface area contributed by atoms with E-state index in [1.165, 1.54) is 0 Å². The molecule has 2 aromatic rings. The molecule has 3 rings (SSSR count). The Kier molecular flexibility index (Phi) is 3.98. The molecule has 1 aliphatic rings. The lowest BCUT2D eigenvalue weighted by Gasteiger charge is -2.20. The van der Waals surface area contributed by atoms with E-state index < -0.39 is 5.60 Å². The number of hydrogen-bond acceptors (Lipinski definition) is 3. The summed E-state index contributed by atoms with van der Waals surface area (Å²) in [4.78, 5) is 12.2. The third-order valence-electron chi connectivity index (χ3n) is 4.38. The maximum Gasteiger partial charge on any atom is 0.257 e. The Morgan fingerprint density at radius 2 is 1.95 bits per heavy atom. The lowest BCUT2D eigenvalue weighted by atomic mass is 10.0. The Balaban J connectivity index is 1.70. The fraction of sp³-hybridized carbons (Fsp3) is 0.412. The minimum absolute atomic E-state index is 0.0846. The molecule has 0 bridgehead atoms. The highest BCUT2D eigenvalue weighted by atomic mass is 16.3. The highest BCUT2D eigenvalue weighted by Crippen LogP contribution is 2.30. The third-order valence-corrected chi connectivity index (χ3v) is 4.38. The topological polar surface area (TPSA) is 67.2 Å². The van der Waals surface area contributed by atoms with Gasteiger partial charge in [-0.3, -0.25) is 9.48 Å². The average molecular weight is 299 g/mol. The summed E-state index contributed by atoms with van der Waals surface area (Å²) < 4.78 is 1.81. The molecule has 0 radical (unpaired) electrons. The Labute approximate surface area is 130 Å². The van der Waals surface area contributed by atoms with Crippen molar-refractivity contribution in [2.45, 2.75) is 44.2 Å². The molecule has 5 nitrogen and oxygen atoms in total. The second-order valence-corrected chi connectivity index (χ2v) is 5.96. The molecule has 1 amide bonds. The van der Waals surface area contributed by atoms with Crippen molar-refractivity contribution in [3.05, 3.63) is 48.2 Å². The number of carbonyl (C=O) groups excluding carboxylic acids is 1. The fourth-order valence-corrected chi connectivity index (χ4v) is 2.92. The van der Waals surface area contributed by atoms with Gasteiger partial charge in [0.1, 0.15) is 5.60 Å². The van der Waals surface area contributed by atoms with Crippen LogP contribution < -0.4 is 5.32 Å². The van der Waals surface area contributed by atoms with Gasteiger partial charge in [0.05, 0.1) is 6.04 Å². The Hall–Kier alpha value is -2.14. The summed E-state index contributed by atoms with van der Waals surface area (Å²) in [6.07, 6.45) is 4.68. The molecule has 1 atom stereocenters. The van der Waals surface area contributed by atoms with Gasteiger partial charge in [0.25, 0.3) is 5.91 Å². The lowest BCUT2D eigenvalue weighted by molar-refractivity contribution is -0.133. The number of benzene rings is 1. The zero-order chi connectivity index (χ0) is 15.6. The zero-order valence-corrected chi connectivity index (χ0v) is 12.7. The Morgan fingerprint density at radius 3 is 2.64 bits per heavy atom. The Morgan fingerprint density at radius 1 is 1.27 bits per heavy atom. The van der Waals surface area contributed by atoms with E-state index in [0.29, 0.717) is 18.7 Å². The number of aliphatic hydroxyl groups is 1. The second kappa shape index (κ2) is 5.93. The van der Waals surface area contributed by atoms with Crippen molar-refractivity contribution in [2.75, 3.05) is 5.32 Å². The molecule has 0 aliphatic heterocycles. The van der Waals surface area contributed by atoms with Gasteiger partial charge in [0, 0.05) is 12.3 Å². The molecule has 0 saturated heterocycles. The van der Waals surface area contributed by atoms with Crippen LogP contribution in [0.3, 0.4) is 0 Å². The molecule has 22 heavy (non-hydrogen) atoms. The van der Waals surface area contributed by atoms with Gasteiger partial charge in [0.2, 0.25) is 0 Å². The second-order valence-electron chi connectivity index (χ2n) is 5.96. The predicted octanol–water partition coefficient (Wildman–Crippen LogP) is 2.74. The number of hydrogen-bond donors (Lipinski definition) is 2. The number of aromatic nitrogens is 2. The van der Waals surface area contributed by atoms with E-state index in [2.05, 4.69) is 17.3 Å². The zero-order valence-electron chi connectivity index (χ0n) is 12.7. The lowest BCUT2D eigenvalue weighted by Crippen LogP contribution is -2.40. The Bertz CT molecular complexity index is 645. The number of nitrogens with zero attached hydrogens (tertiary/aromatic N) is 2. The van der Waals surface area contributed by atoms with Gasteiger partial charge in [-0.05, 0) is 38.2 Å². The van der Waals surface area contributed by atoms with Crippen molar-refractivity contribution in [1.82, 2.24) is 9.78 Å². The first-order valence-electron chi connectivity index (χ1n) is 7.72. The van der Waals surface area contributed by atoms with Gasteiger partial charge < -0.3 is 10.4 Å². The SMILES string of the molecule is CC(c1ccccc1)n1ccc(NC(=O)C2(O)CCCC2)n1. The summed E-state index contributed by atoms with van der Waals surface area (Å²) in [6, 6.07) is 11.9. The molecule has 0 spiro atoms. The summed E-state index contributed by atoms with van der Waals surface area (Å²) in [5, 5.41) is 17.4. The molecular formula is C17H21N3O2. The minimum Gasteiger partial charge on any atom is -0.380 e. The standard InChI is InChI=1S/C17H21N3O2/c1-13(14-7-3-2-4-8-14)20-12-9-15(19-20)18-16(21)17(22)10-5-6-11-17/h2-4,7-9,12-13,22H,5-6,10-11H2,1H3,(H,18,19,21). The van der Waals surface area contributed by atoms with Crippen molar-refractivity contribution in [1.29, 1.82) is 0 Å². The van der Waals surface area contributed by atoms with Crippen LogP contribution in [0.15, 0.2) is 42.6 Å². The molecule has 116 valence electrons. The highest BCUT2D eigenvalue weighted by molar-refractivity contribution is 5.96. The van der Waals surface area contributed by atoms with Crippen LogP contribution in [-0.4, -0.2) is 26.4 Å². The molecule has 1 saturated carbocycles. The largest absolute Gasteiger partial charge is 0.380 e. The number of anilines is 1. The molecule has 1 aliphatic carbocycles. The van der Waals surface area contributed by atoms with Gasteiger partial charge in [-0.1, -0.05) is 30.3 Å². The van der Waals surface area contributed by atoms with E-state index >= 15 is 0 Å². The summed E-state index contributed by atoms with van der Waals surface area (Å²) >= 11 is 0. The maximum absolute atomic E-state index is 12.2. The van der Waals surface area contributed by atoms with Crippen LogP contribution in [0.25, 0.3) is 0 Å². The number of carbonyl (C=O) groups is 1. The van der Waals surface area contributed by atoms with E-state index in [1.807, 2.05) is 41.2 Å². The monoisotopic (exact) mass is 299 g/mol. The van der Waals surface area contributed by atoms with E-state index in [9.17, 15) is 9.90 Å². The van der Waals surface area contributed by atoms with Gasteiger partial charge in [-0.25, -0.2) is 0 Å².